The van der Waals surface area contributed by atoms with E-state index in [1.54, 1.807) is 91.0 Å². The number of rotatable bonds is 44. The number of benzene rings is 6. The molecular formula is C87H113ClN16O14. The summed E-state index contributed by atoms with van der Waals surface area (Å²) in [5, 5.41) is 48.8. The molecule has 0 bridgehead atoms. The summed E-state index contributed by atoms with van der Waals surface area (Å²) in [7, 11) is 0. The fourth-order valence-corrected chi connectivity index (χ4v) is 14.8. The van der Waals surface area contributed by atoms with Crippen molar-refractivity contribution in [1.82, 2.24) is 62.6 Å². The van der Waals surface area contributed by atoms with Crippen LogP contribution in [-0.4, -0.2) is 203 Å². The van der Waals surface area contributed by atoms with Gasteiger partial charge in [0.15, 0.2) is 5.96 Å². The van der Waals surface area contributed by atoms with Gasteiger partial charge >= 0.3 is 6.03 Å². The number of carbonyl (C=O) groups excluding carboxylic acids is 12. The summed E-state index contributed by atoms with van der Waals surface area (Å²) >= 11 is 6.30. The van der Waals surface area contributed by atoms with Crippen molar-refractivity contribution in [2.45, 2.75) is 204 Å². The number of anilines is 1. The molecule has 13 amide bonds. The molecule has 0 aliphatic carbocycles. The lowest BCUT2D eigenvalue weighted by Crippen LogP contribution is -2.61. The molecule has 0 spiro atoms. The topological polar surface area (TPSA) is 440 Å². The minimum atomic E-state index is -1.83. The molecule has 6 aromatic rings. The van der Waals surface area contributed by atoms with Crippen molar-refractivity contribution in [3.63, 3.8) is 0 Å². The summed E-state index contributed by atoms with van der Waals surface area (Å²) in [6.07, 6.45) is 6.21. The van der Waals surface area contributed by atoms with E-state index in [0.29, 0.717) is 85.1 Å². The number of carbonyl (C=O) groups is 12. The zero-order chi connectivity index (χ0) is 84.8. The van der Waals surface area contributed by atoms with E-state index >= 15 is 24.0 Å². The van der Waals surface area contributed by atoms with Crippen molar-refractivity contribution in [2.24, 2.45) is 17.4 Å². The van der Waals surface area contributed by atoms with Crippen LogP contribution in [0.3, 0.4) is 0 Å². The van der Waals surface area contributed by atoms with E-state index in [2.05, 4.69) is 65.0 Å². The Morgan fingerprint density at radius 1 is 0.576 bits per heavy atom. The zero-order valence-corrected chi connectivity index (χ0v) is 68.3. The maximum absolute atomic E-state index is 15.6. The number of unbranched alkanes of at least 4 members (excludes halogenated alkanes) is 5. The Morgan fingerprint density at radius 3 is 1.72 bits per heavy atom. The van der Waals surface area contributed by atoms with Crippen LogP contribution in [0, 0.1) is 11.3 Å². The SMILES string of the molecule is CCCCCCCCC(=O)Nc1ccc(C[C@@H](NC(=O)[C@H](Cc2ccc(CN3CCOCC3)cc2)NC(=O)[C@H](CO)NC(=O)[C@@H](Cc2ccccc2)NC(=O)C(Cc2ccc(Cl)cc2)N2C(=O)NC(Cc3ccc4ccccc4c3)C2=O)C(=O)N[C@@H](CC(C)C)C(=O)N[C@@H](CCCNC(=N)N)C(=O)N2CCC[C@H]2C(=O)N[C@H](C)C(N)=O)cc1. The second-order valence-electron chi connectivity index (χ2n) is 31.0. The molecule has 3 aliphatic heterocycles. The molecule has 3 heterocycles. The number of hydrogen-bond donors (Lipinski definition) is 14. The van der Waals surface area contributed by atoms with Gasteiger partial charge in [0.25, 0.3) is 5.91 Å². The summed E-state index contributed by atoms with van der Waals surface area (Å²) in [6.45, 7) is 9.48. The predicted molar refractivity (Wildman–Crippen MR) is 448 cm³/mol. The van der Waals surface area contributed by atoms with E-state index in [4.69, 9.17) is 33.2 Å². The van der Waals surface area contributed by atoms with Crippen molar-refractivity contribution in [3.8, 4) is 0 Å². The first kappa shape index (κ1) is 90.6. The lowest BCUT2D eigenvalue weighted by molar-refractivity contribution is -0.142. The lowest BCUT2D eigenvalue weighted by atomic mass is 9.99. The van der Waals surface area contributed by atoms with E-state index in [-0.39, 0.29) is 88.7 Å². The number of aliphatic hydroxyl groups excluding tert-OH is 1. The number of imide groups is 1. The molecule has 6 aromatic carbocycles. The van der Waals surface area contributed by atoms with Gasteiger partial charge in [0.1, 0.15) is 60.4 Å². The van der Waals surface area contributed by atoms with Crippen LogP contribution in [0.25, 0.3) is 10.8 Å². The first-order valence-electron chi connectivity index (χ1n) is 40.8. The Kier molecular flexibility index (Phi) is 34.8. The molecule has 632 valence electrons. The number of morpholine rings is 1. The third-order valence-corrected chi connectivity index (χ3v) is 21.5. The Bertz CT molecular complexity index is 4440. The van der Waals surface area contributed by atoms with Crippen LogP contribution in [0.5, 0.6) is 0 Å². The number of guanidine groups is 1. The van der Waals surface area contributed by atoms with Gasteiger partial charge in [0.05, 0.1) is 19.8 Å². The minimum Gasteiger partial charge on any atom is -0.394 e. The summed E-state index contributed by atoms with van der Waals surface area (Å²) in [4.78, 5) is 178. The number of ether oxygens (including phenoxy) is 1. The Hall–Kier alpha value is -11.3. The predicted octanol–water partition coefficient (Wildman–Crippen LogP) is 5.01. The van der Waals surface area contributed by atoms with Crippen LogP contribution in [0.4, 0.5) is 10.5 Å². The first-order chi connectivity index (χ1) is 56.7. The standard InChI is InChI=1S/C87H113ClN16O14/c1-5-6-7-8-9-13-24-75(106)94-65-37-32-58(33-38-65)49-68(78(109)96-67(45-54(2)3)77(108)95-66(22-16-39-92-86(90)91)84(115)103-40-17-23-73(103)82(113)93-55(4)76(89)107)97-79(110)69(48-57-25-27-60(28-26-57)52-102-41-43-118-44-42-102)98-81(112)72(53-105)100-80(111)70(47-56-18-11-10-12-19-56)99-83(114)74(51-59-30-35-64(88)36-31-59)104-85(116)71(101-87(104)117)50-61-29-34-62-20-14-15-21-63(62)46-61/h10-12,14-15,18-21,25-38,46,54-55,66-74,105H,5-9,13,16-17,22-24,39-45,47-53H2,1-4H3,(H2,89,107)(H,93,113)(H,94,106)(H,95,108)(H,96,109)(H,97,110)(H,98,112)(H,99,114)(H,100,111)(H,101,117)(H4,90,91,92)/t55-,66+,67+,68-,69+,70-,71?,72+,73+,74?/m1/s1. The number of likely N-dealkylation sites (tertiary alicyclic amines) is 1. The molecule has 118 heavy (non-hydrogen) atoms. The van der Waals surface area contributed by atoms with Gasteiger partial charge in [-0.15, -0.1) is 0 Å². The quantitative estimate of drug-likeness (QED) is 0.0103. The second-order valence-corrected chi connectivity index (χ2v) is 31.4. The first-order valence-corrected chi connectivity index (χ1v) is 41.2. The Balaban J connectivity index is 1.00. The van der Waals surface area contributed by atoms with Crippen LogP contribution >= 0.6 is 11.6 Å². The van der Waals surface area contributed by atoms with Crippen LogP contribution in [-0.2, 0) is 96.1 Å². The molecule has 2 unspecified atom stereocenters. The van der Waals surface area contributed by atoms with Gasteiger partial charge < -0.3 is 79.4 Å². The number of nitrogens with zero attached hydrogens (tertiary/aromatic N) is 3. The lowest BCUT2D eigenvalue weighted by Gasteiger charge is -2.31. The van der Waals surface area contributed by atoms with Crippen LogP contribution in [0.2, 0.25) is 5.02 Å². The molecule has 30 nitrogen and oxygen atoms in total. The fraction of sp³-hybridized carbons (Fsp3) is 0.460. The normalized spacial score (nSPS) is 16.8. The summed E-state index contributed by atoms with van der Waals surface area (Å²) in [5.41, 5.74) is 15.3. The monoisotopic (exact) mass is 1640 g/mol. The number of nitrogens with one attached hydrogen (secondary N) is 11. The van der Waals surface area contributed by atoms with Crippen LogP contribution < -0.4 is 64.6 Å². The summed E-state index contributed by atoms with van der Waals surface area (Å²) < 4.78 is 5.57. The number of amides is 13. The average molecular weight is 1640 g/mol. The maximum Gasteiger partial charge on any atom is 0.325 e. The molecule has 31 heteroatoms. The second kappa shape index (κ2) is 45.4. The molecule has 3 aliphatic rings. The van der Waals surface area contributed by atoms with Crippen molar-refractivity contribution in [1.29, 1.82) is 5.41 Å². The molecule has 16 N–H and O–H groups in total. The highest BCUT2D eigenvalue weighted by Crippen LogP contribution is 2.26. The van der Waals surface area contributed by atoms with E-state index in [9.17, 15) is 38.7 Å². The minimum absolute atomic E-state index is 0.00466. The summed E-state index contributed by atoms with van der Waals surface area (Å²) in [5.74, 6) is -9.14. The number of fused-ring (bicyclic) bond motifs is 1. The van der Waals surface area contributed by atoms with Crippen molar-refractivity contribution < 1.29 is 67.4 Å². The van der Waals surface area contributed by atoms with E-state index in [1.165, 1.54) is 11.8 Å². The Labute approximate surface area is 693 Å². The average Bonchev–Trinajstić information content (AvgIpc) is 1.64. The number of halogens is 1. The number of nitrogens with two attached hydrogens (primary N) is 2. The third-order valence-electron chi connectivity index (χ3n) is 21.2. The third kappa shape index (κ3) is 27.7. The highest BCUT2D eigenvalue weighted by molar-refractivity contribution is 6.30. The van der Waals surface area contributed by atoms with Gasteiger partial charge in [-0.2, -0.15) is 0 Å². The van der Waals surface area contributed by atoms with E-state index in [1.807, 2.05) is 68.4 Å². The molecule has 0 aromatic heterocycles. The van der Waals surface area contributed by atoms with Gasteiger partial charge in [-0.25, -0.2) is 9.69 Å². The molecule has 0 radical (unpaired) electrons. The van der Waals surface area contributed by atoms with Crippen LogP contribution in [0.15, 0.2) is 146 Å². The Morgan fingerprint density at radius 2 is 1.10 bits per heavy atom. The molecule has 10 atom stereocenters. The van der Waals surface area contributed by atoms with Gasteiger partial charge in [-0.05, 0) is 120 Å². The van der Waals surface area contributed by atoms with Gasteiger partial charge in [-0.1, -0.05) is 186 Å². The number of primary amides is 1. The van der Waals surface area contributed by atoms with Crippen molar-refractivity contribution in [3.05, 3.63) is 184 Å². The molecule has 9 rings (SSSR count). The highest BCUT2D eigenvalue weighted by atomic mass is 35.5. The maximum atomic E-state index is 15.6. The molecule has 0 saturated carbocycles. The molecule has 3 saturated heterocycles. The zero-order valence-electron chi connectivity index (χ0n) is 67.5. The van der Waals surface area contributed by atoms with Crippen molar-refractivity contribution in [2.75, 3.05) is 51.3 Å². The van der Waals surface area contributed by atoms with E-state index < -0.39 is 132 Å². The number of urea groups is 1. The van der Waals surface area contributed by atoms with Crippen LogP contribution in [0.1, 0.15) is 138 Å². The largest absolute Gasteiger partial charge is 0.394 e. The van der Waals surface area contributed by atoms with Gasteiger partial charge in [0.2, 0.25) is 59.1 Å². The van der Waals surface area contributed by atoms with Gasteiger partial charge in [0, 0.05) is 82.0 Å². The molecule has 3 fully saturated rings. The van der Waals surface area contributed by atoms with Crippen molar-refractivity contribution >= 4 is 105 Å². The fourth-order valence-electron chi connectivity index (χ4n) is 14.7. The molecular weight excluding hydrogens is 1530 g/mol. The van der Waals surface area contributed by atoms with Gasteiger partial charge in [-0.3, -0.25) is 63.0 Å². The summed E-state index contributed by atoms with van der Waals surface area (Å²) in [6, 6.07) is 27.5. The van der Waals surface area contributed by atoms with E-state index in [0.717, 1.165) is 58.9 Å². The number of hydrogen-bond acceptors (Lipinski definition) is 16. The number of aliphatic hydroxyl groups is 1. The highest BCUT2D eigenvalue weighted by Gasteiger charge is 2.46. The smallest absolute Gasteiger partial charge is 0.325 e.